The van der Waals surface area contributed by atoms with Gasteiger partial charge in [0, 0.05) is 18.3 Å². The van der Waals surface area contributed by atoms with Gasteiger partial charge in [0.25, 0.3) is 0 Å². The van der Waals surface area contributed by atoms with Crippen molar-refractivity contribution in [1.82, 2.24) is 0 Å². The van der Waals surface area contributed by atoms with Crippen LogP contribution in [-0.4, -0.2) is 33.0 Å². The quantitative estimate of drug-likeness (QED) is 0.377. The molecule has 0 aliphatic heterocycles. The van der Waals surface area contributed by atoms with Crippen LogP contribution < -0.4 is 0 Å². The van der Waals surface area contributed by atoms with Crippen LogP contribution in [-0.2, 0) is 14.3 Å². The van der Waals surface area contributed by atoms with E-state index in [0.29, 0.717) is 0 Å². The van der Waals surface area contributed by atoms with Crippen molar-refractivity contribution >= 4 is 29.2 Å². The first kappa shape index (κ1) is 22.8. The zero-order valence-electron chi connectivity index (χ0n) is 14.8. The molecule has 1 rings (SSSR count). The summed E-state index contributed by atoms with van der Waals surface area (Å²) in [5, 5.41) is 0. The molecule has 0 heterocycles. The lowest BCUT2D eigenvalue weighted by Crippen LogP contribution is -2.14. The van der Waals surface area contributed by atoms with Crippen molar-refractivity contribution in [1.29, 1.82) is 0 Å². The van der Waals surface area contributed by atoms with E-state index in [-0.39, 0.29) is 22.6 Å². The average molecular weight is 413 g/mol. The van der Waals surface area contributed by atoms with Gasteiger partial charge in [-0.05, 0) is 17.4 Å². The molecule has 2 atom stereocenters. The molecule has 146 valence electrons. The summed E-state index contributed by atoms with van der Waals surface area (Å²) < 4.78 is 51.0. The molecule has 0 bridgehead atoms. The van der Waals surface area contributed by atoms with Gasteiger partial charge in [0.05, 0.1) is 12.5 Å². The second-order valence-electron chi connectivity index (χ2n) is 6.42. The molecule has 8 heteroatoms. The fourth-order valence-electron chi connectivity index (χ4n) is 2.65. The Morgan fingerprint density at radius 2 is 1.85 bits per heavy atom. The van der Waals surface area contributed by atoms with Crippen molar-refractivity contribution in [3.63, 3.8) is 0 Å². The third-order valence-electron chi connectivity index (χ3n) is 4.35. The number of rotatable bonds is 9. The van der Waals surface area contributed by atoms with Crippen LogP contribution in [0.2, 0.25) is 0 Å². The number of carbonyl (C=O) groups is 1. The van der Waals surface area contributed by atoms with Crippen LogP contribution in [0.25, 0.3) is 0 Å². The Kier molecular flexibility index (Phi) is 8.44. The summed E-state index contributed by atoms with van der Waals surface area (Å²) in [6.45, 7) is 4.73. The van der Waals surface area contributed by atoms with E-state index in [1.165, 1.54) is 13.2 Å². The second kappa shape index (κ2) is 9.62. The molecular formula is C18H21Cl2F3O3. The highest BCUT2D eigenvalue weighted by atomic mass is 35.5. The zero-order chi connectivity index (χ0) is 20.1. The molecule has 0 aromatic carbocycles. The molecule has 0 aromatic heterocycles. The van der Waals surface area contributed by atoms with Crippen LogP contribution in [0.15, 0.2) is 46.0 Å². The van der Waals surface area contributed by atoms with Crippen LogP contribution in [0.3, 0.4) is 0 Å². The molecular weight excluding hydrogens is 392 g/mol. The number of alkyl halides is 1. The highest BCUT2D eigenvalue weighted by Gasteiger charge is 2.61. The van der Waals surface area contributed by atoms with Gasteiger partial charge in [-0.15, -0.1) is 0 Å². The molecule has 2 unspecified atom stereocenters. The molecule has 0 aromatic rings. The number of ether oxygens (including phenoxy) is 2. The van der Waals surface area contributed by atoms with Crippen LogP contribution >= 0.6 is 23.2 Å². The van der Waals surface area contributed by atoms with E-state index in [9.17, 15) is 18.0 Å². The number of hydrogen-bond acceptors (Lipinski definition) is 3. The lowest BCUT2D eigenvalue weighted by Gasteiger charge is -2.09. The lowest BCUT2D eigenvalue weighted by atomic mass is 10.1. The minimum Gasteiger partial charge on any atom is -0.461 e. The third-order valence-corrected chi connectivity index (χ3v) is 4.60. The van der Waals surface area contributed by atoms with E-state index in [4.69, 9.17) is 32.7 Å². The molecule has 0 saturated heterocycles. The van der Waals surface area contributed by atoms with Crippen LogP contribution in [0.4, 0.5) is 13.2 Å². The monoisotopic (exact) mass is 412 g/mol. The molecule has 0 N–H and O–H groups in total. The highest BCUT2D eigenvalue weighted by molar-refractivity contribution is 6.55. The SMILES string of the molecule is C=C/C(COC)=C(F)\C(F)=C(/CF)COC(=O)C1C(C=C(Cl)Cl)C1(C)C. The zero-order valence-corrected chi connectivity index (χ0v) is 16.3. The Balaban J connectivity index is 2.88. The van der Waals surface area contributed by atoms with Gasteiger partial charge in [-0.2, -0.15) is 0 Å². The normalized spacial score (nSPS) is 22.8. The molecule has 0 amide bonds. The molecule has 0 radical (unpaired) electrons. The first-order valence-electron chi connectivity index (χ1n) is 7.75. The molecule has 1 fully saturated rings. The summed E-state index contributed by atoms with van der Waals surface area (Å²) in [5.41, 5.74) is -1.23. The topological polar surface area (TPSA) is 35.5 Å². The molecule has 0 spiro atoms. The molecule has 1 saturated carbocycles. The Hall–Kier alpha value is -1.24. The Bertz CT molecular complexity index is 650. The van der Waals surface area contributed by atoms with Crippen molar-refractivity contribution in [2.75, 3.05) is 27.0 Å². The summed E-state index contributed by atoms with van der Waals surface area (Å²) >= 11 is 11.2. The minimum absolute atomic E-state index is 0.0241. The minimum atomic E-state index is -1.43. The number of halogens is 5. The van der Waals surface area contributed by atoms with Gasteiger partial charge in [-0.1, -0.05) is 49.7 Å². The maximum absolute atomic E-state index is 14.2. The van der Waals surface area contributed by atoms with E-state index >= 15 is 0 Å². The average Bonchev–Trinajstić information content (AvgIpc) is 3.11. The summed E-state index contributed by atoms with van der Waals surface area (Å²) in [5.74, 6) is -4.17. The number of carbonyl (C=O) groups excluding carboxylic acids is 1. The summed E-state index contributed by atoms with van der Waals surface area (Å²) in [6.07, 6.45) is 2.59. The van der Waals surface area contributed by atoms with Crippen molar-refractivity contribution in [3.8, 4) is 0 Å². The fraction of sp³-hybridized carbons (Fsp3) is 0.500. The van der Waals surface area contributed by atoms with E-state index in [1.54, 1.807) is 0 Å². The molecule has 26 heavy (non-hydrogen) atoms. The number of esters is 1. The molecule has 1 aliphatic rings. The van der Waals surface area contributed by atoms with E-state index in [1.807, 2.05) is 13.8 Å². The van der Waals surface area contributed by atoms with Gasteiger partial charge in [-0.3, -0.25) is 4.79 Å². The highest BCUT2D eigenvalue weighted by Crippen LogP contribution is 2.60. The standard InChI is InChI=1S/C18H21Cl2F3O3/c1-5-10(8-25-4)15(22)16(23)11(7-21)9-26-17(24)14-12(6-13(19)20)18(14,2)3/h5-6,12,14H,1,7-9H2,2-4H3/b15-10-,16-11-. The Morgan fingerprint density at radius 1 is 1.23 bits per heavy atom. The number of hydrogen-bond donors (Lipinski definition) is 0. The van der Waals surface area contributed by atoms with Crippen LogP contribution in [0, 0.1) is 17.3 Å². The van der Waals surface area contributed by atoms with Gasteiger partial charge < -0.3 is 9.47 Å². The maximum Gasteiger partial charge on any atom is 0.310 e. The largest absolute Gasteiger partial charge is 0.461 e. The molecule has 1 aliphatic carbocycles. The fourth-order valence-corrected chi connectivity index (χ4v) is 2.92. The maximum atomic E-state index is 14.2. The predicted octanol–water partition coefficient (Wildman–Crippen LogP) is 5.37. The van der Waals surface area contributed by atoms with Gasteiger partial charge in [0.2, 0.25) is 0 Å². The smallest absolute Gasteiger partial charge is 0.310 e. The summed E-state index contributed by atoms with van der Waals surface area (Å²) in [6, 6.07) is 0. The summed E-state index contributed by atoms with van der Waals surface area (Å²) in [4.78, 5) is 12.2. The lowest BCUT2D eigenvalue weighted by molar-refractivity contribution is -0.145. The van der Waals surface area contributed by atoms with E-state index < -0.39 is 47.8 Å². The van der Waals surface area contributed by atoms with Gasteiger partial charge in [0.15, 0.2) is 11.7 Å². The first-order chi connectivity index (χ1) is 12.1. The van der Waals surface area contributed by atoms with Gasteiger partial charge >= 0.3 is 5.97 Å². The summed E-state index contributed by atoms with van der Waals surface area (Å²) in [7, 11) is 1.30. The Labute approximate surface area is 161 Å². The predicted molar refractivity (Wildman–Crippen MR) is 95.8 cm³/mol. The first-order valence-corrected chi connectivity index (χ1v) is 8.50. The van der Waals surface area contributed by atoms with Gasteiger partial charge in [-0.25, -0.2) is 13.2 Å². The van der Waals surface area contributed by atoms with E-state index in [0.717, 1.165) is 6.08 Å². The third kappa shape index (κ3) is 5.38. The van der Waals surface area contributed by atoms with Crippen molar-refractivity contribution in [2.24, 2.45) is 17.3 Å². The number of methoxy groups -OCH3 is 1. The van der Waals surface area contributed by atoms with Crippen LogP contribution in [0.1, 0.15) is 13.8 Å². The van der Waals surface area contributed by atoms with Crippen molar-refractivity contribution in [2.45, 2.75) is 13.8 Å². The Morgan fingerprint density at radius 3 is 2.31 bits per heavy atom. The van der Waals surface area contributed by atoms with Gasteiger partial charge in [0.1, 0.15) is 17.8 Å². The second-order valence-corrected chi connectivity index (χ2v) is 7.42. The van der Waals surface area contributed by atoms with E-state index in [2.05, 4.69) is 6.58 Å². The molecule has 3 nitrogen and oxygen atoms in total. The van der Waals surface area contributed by atoms with Crippen LogP contribution in [0.5, 0.6) is 0 Å². The van der Waals surface area contributed by atoms with Crippen molar-refractivity contribution in [3.05, 3.63) is 46.0 Å². The number of allylic oxidation sites excluding steroid dienone is 3. The van der Waals surface area contributed by atoms with Crippen molar-refractivity contribution < 1.29 is 27.4 Å².